The van der Waals surface area contributed by atoms with E-state index in [0.29, 0.717) is 5.69 Å². The second kappa shape index (κ2) is 5.98. The van der Waals surface area contributed by atoms with Crippen molar-refractivity contribution in [2.45, 2.75) is 37.2 Å². The molecule has 0 radical (unpaired) electrons. The van der Waals surface area contributed by atoms with E-state index in [-0.39, 0.29) is 10.5 Å². The third-order valence-corrected chi connectivity index (χ3v) is 5.92. The van der Waals surface area contributed by atoms with Crippen LogP contribution in [0.1, 0.15) is 25.8 Å². The number of ether oxygens (including phenoxy) is 1. The Morgan fingerprint density at radius 2 is 1.83 bits per heavy atom. The first-order valence-electron chi connectivity index (χ1n) is 7.36. The SMILES string of the molecule is CC1(C)CCc2cc(S(=O)(=O)Nc3ccc(I)cc3)ccc2O1. The number of sulfonamides is 1. The Morgan fingerprint density at radius 3 is 2.52 bits per heavy atom. The minimum absolute atomic E-state index is 0.202. The number of benzene rings is 2. The molecule has 1 N–H and O–H groups in total. The van der Waals surface area contributed by atoms with E-state index in [2.05, 4.69) is 27.3 Å². The average molecular weight is 443 g/mol. The molecule has 1 heterocycles. The monoisotopic (exact) mass is 443 g/mol. The number of hydrogen-bond donors (Lipinski definition) is 1. The Balaban J connectivity index is 1.88. The smallest absolute Gasteiger partial charge is 0.261 e. The zero-order chi connectivity index (χ0) is 16.7. The van der Waals surface area contributed by atoms with E-state index >= 15 is 0 Å². The van der Waals surface area contributed by atoms with Gasteiger partial charge in [-0.25, -0.2) is 8.42 Å². The van der Waals surface area contributed by atoms with E-state index in [1.165, 1.54) is 0 Å². The van der Waals surface area contributed by atoms with Gasteiger partial charge in [0.1, 0.15) is 11.4 Å². The van der Waals surface area contributed by atoms with Gasteiger partial charge < -0.3 is 4.74 Å². The van der Waals surface area contributed by atoms with Gasteiger partial charge in [0.05, 0.1) is 4.90 Å². The minimum Gasteiger partial charge on any atom is -0.488 e. The van der Waals surface area contributed by atoms with Gasteiger partial charge in [0.15, 0.2) is 0 Å². The molecule has 0 atom stereocenters. The Bertz CT molecular complexity index is 829. The number of fused-ring (bicyclic) bond motifs is 1. The summed E-state index contributed by atoms with van der Waals surface area (Å²) >= 11 is 2.18. The second-order valence-electron chi connectivity index (χ2n) is 6.24. The summed E-state index contributed by atoms with van der Waals surface area (Å²) in [6.07, 6.45) is 1.68. The highest BCUT2D eigenvalue weighted by Gasteiger charge is 2.27. The number of anilines is 1. The number of hydrogen-bond acceptors (Lipinski definition) is 3. The van der Waals surface area contributed by atoms with Crippen LogP contribution in [0.4, 0.5) is 5.69 Å². The molecule has 0 fully saturated rings. The van der Waals surface area contributed by atoms with Gasteiger partial charge in [0.2, 0.25) is 0 Å². The second-order valence-corrected chi connectivity index (χ2v) is 9.17. The molecular formula is C17H18INO3S. The topological polar surface area (TPSA) is 55.4 Å². The van der Waals surface area contributed by atoms with Crippen molar-refractivity contribution in [3.63, 3.8) is 0 Å². The van der Waals surface area contributed by atoms with Gasteiger partial charge in [-0.2, -0.15) is 0 Å². The molecule has 23 heavy (non-hydrogen) atoms. The van der Waals surface area contributed by atoms with Crippen molar-refractivity contribution in [1.29, 1.82) is 0 Å². The lowest BCUT2D eigenvalue weighted by molar-refractivity contribution is 0.0845. The minimum atomic E-state index is -3.60. The lowest BCUT2D eigenvalue weighted by atomic mass is 9.94. The van der Waals surface area contributed by atoms with Crippen molar-refractivity contribution in [1.82, 2.24) is 0 Å². The summed E-state index contributed by atoms with van der Waals surface area (Å²) in [6, 6.07) is 12.3. The maximum atomic E-state index is 12.5. The predicted molar refractivity (Wildman–Crippen MR) is 99.4 cm³/mol. The van der Waals surface area contributed by atoms with Crippen LogP contribution in [0.15, 0.2) is 47.4 Å². The molecule has 0 aromatic heterocycles. The molecule has 1 aliphatic heterocycles. The molecule has 1 aliphatic rings. The van der Waals surface area contributed by atoms with Crippen LogP contribution in [0.2, 0.25) is 0 Å². The summed E-state index contributed by atoms with van der Waals surface area (Å²) < 4.78 is 34.7. The molecule has 2 aromatic carbocycles. The van der Waals surface area contributed by atoms with Gasteiger partial charge in [-0.3, -0.25) is 4.72 Å². The van der Waals surface area contributed by atoms with Crippen LogP contribution < -0.4 is 9.46 Å². The Hall–Kier alpha value is -1.28. The third-order valence-electron chi connectivity index (χ3n) is 3.82. The van der Waals surface area contributed by atoms with E-state index in [9.17, 15) is 8.42 Å². The number of nitrogens with one attached hydrogen (secondary N) is 1. The van der Waals surface area contributed by atoms with Crippen LogP contribution in [0.25, 0.3) is 0 Å². The van der Waals surface area contributed by atoms with Crippen molar-refractivity contribution < 1.29 is 13.2 Å². The number of rotatable bonds is 3. The van der Waals surface area contributed by atoms with Crippen LogP contribution in [-0.4, -0.2) is 14.0 Å². The number of halogens is 1. The quantitative estimate of drug-likeness (QED) is 0.724. The van der Waals surface area contributed by atoms with Gasteiger partial charge in [0, 0.05) is 9.26 Å². The average Bonchev–Trinajstić information content (AvgIpc) is 2.48. The normalized spacial score (nSPS) is 16.3. The van der Waals surface area contributed by atoms with Crippen molar-refractivity contribution in [2.24, 2.45) is 0 Å². The fourth-order valence-corrected chi connectivity index (χ4v) is 4.00. The maximum absolute atomic E-state index is 12.5. The first-order valence-corrected chi connectivity index (χ1v) is 9.92. The van der Waals surface area contributed by atoms with Gasteiger partial charge in [-0.1, -0.05) is 0 Å². The van der Waals surface area contributed by atoms with Crippen molar-refractivity contribution in [2.75, 3.05) is 4.72 Å². The van der Waals surface area contributed by atoms with Crippen LogP contribution in [0.3, 0.4) is 0 Å². The highest BCUT2D eigenvalue weighted by atomic mass is 127. The molecule has 0 spiro atoms. The van der Waals surface area contributed by atoms with Crippen molar-refractivity contribution in [3.8, 4) is 5.75 Å². The lowest BCUT2D eigenvalue weighted by Crippen LogP contribution is -2.32. The van der Waals surface area contributed by atoms with Gasteiger partial charge in [-0.15, -0.1) is 0 Å². The zero-order valence-corrected chi connectivity index (χ0v) is 15.9. The molecule has 122 valence electrons. The van der Waals surface area contributed by atoms with Crippen LogP contribution in [0, 0.1) is 3.57 Å². The molecule has 2 aromatic rings. The zero-order valence-electron chi connectivity index (χ0n) is 13.0. The van der Waals surface area contributed by atoms with E-state index in [1.54, 1.807) is 30.3 Å². The maximum Gasteiger partial charge on any atom is 0.261 e. The van der Waals surface area contributed by atoms with Gasteiger partial charge in [0.25, 0.3) is 10.0 Å². The largest absolute Gasteiger partial charge is 0.488 e. The fourth-order valence-electron chi connectivity index (χ4n) is 2.53. The van der Waals surface area contributed by atoms with Crippen molar-refractivity contribution in [3.05, 3.63) is 51.6 Å². The Morgan fingerprint density at radius 1 is 1.13 bits per heavy atom. The fraction of sp³-hybridized carbons (Fsp3) is 0.294. The molecule has 6 heteroatoms. The summed E-state index contributed by atoms with van der Waals surface area (Å²) in [5.41, 5.74) is 1.29. The lowest BCUT2D eigenvalue weighted by Gasteiger charge is -2.32. The molecule has 0 bridgehead atoms. The standard InChI is InChI=1S/C17H18INO3S/c1-17(2)10-9-12-11-15(7-8-16(12)22-17)23(20,21)19-14-5-3-13(18)4-6-14/h3-8,11,19H,9-10H2,1-2H3. The molecule has 0 saturated carbocycles. The molecular weight excluding hydrogens is 425 g/mol. The summed E-state index contributed by atoms with van der Waals surface area (Å²) in [7, 11) is -3.60. The summed E-state index contributed by atoms with van der Waals surface area (Å²) in [5, 5.41) is 0. The van der Waals surface area contributed by atoms with E-state index in [4.69, 9.17) is 4.74 Å². The van der Waals surface area contributed by atoms with Crippen LogP contribution >= 0.6 is 22.6 Å². The highest BCUT2D eigenvalue weighted by Crippen LogP contribution is 2.34. The summed E-state index contributed by atoms with van der Waals surface area (Å²) in [4.78, 5) is 0.262. The Labute approximate surface area is 150 Å². The first kappa shape index (κ1) is 16.6. The summed E-state index contributed by atoms with van der Waals surface area (Å²) in [5.74, 6) is 0.773. The van der Waals surface area contributed by atoms with E-state index in [0.717, 1.165) is 27.7 Å². The summed E-state index contributed by atoms with van der Waals surface area (Å²) in [6.45, 7) is 4.08. The number of aryl methyl sites for hydroxylation is 1. The highest BCUT2D eigenvalue weighted by molar-refractivity contribution is 14.1. The van der Waals surface area contributed by atoms with Crippen LogP contribution in [-0.2, 0) is 16.4 Å². The van der Waals surface area contributed by atoms with Gasteiger partial charge in [-0.05, 0) is 97.3 Å². The molecule has 4 nitrogen and oxygen atoms in total. The molecule has 0 amide bonds. The molecule has 0 aliphatic carbocycles. The molecule has 0 unspecified atom stereocenters. The molecule has 3 rings (SSSR count). The third kappa shape index (κ3) is 3.80. The molecule has 0 saturated heterocycles. The first-order chi connectivity index (χ1) is 10.8. The van der Waals surface area contributed by atoms with Crippen LogP contribution in [0.5, 0.6) is 5.75 Å². The van der Waals surface area contributed by atoms with E-state index < -0.39 is 10.0 Å². The van der Waals surface area contributed by atoms with Gasteiger partial charge >= 0.3 is 0 Å². The van der Waals surface area contributed by atoms with Crippen molar-refractivity contribution >= 4 is 38.3 Å². The predicted octanol–water partition coefficient (Wildman–Crippen LogP) is 4.20. The Kier molecular flexibility index (Phi) is 4.31. The van der Waals surface area contributed by atoms with E-state index in [1.807, 2.05) is 26.0 Å².